The summed E-state index contributed by atoms with van der Waals surface area (Å²) in [7, 11) is 0. The van der Waals surface area contributed by atoms with Gasteiger partial charge < -0.3 is 4.89 Å². The Bertz CT molecular complexity index is 286. The molecule has 11 heavy (non-hydrogen) atoms. The third kappa shape index (κ3) is 0.867. The van der Waals surface area contributed by atoms with Crippen LogP contribution in [0.2, 0.25) is 0 Å². The Labute approximate surface area is 61.3 Å². The summed E-state index contributed by atoms with van der Waals surface area (Å²) >= 11 is 0. The fraction of sp³-hybridized carbons (Fsp3) is 0.143. The molecule has 0 spiro atoms. The molecule has 0 aromatic heterocycles. The molecule has 1 aliphatic rings. The Kier molecular flexibility index (Phi) is 1.14. The fourth-order valence-electron chi connectivity index (χ4n) is 0.922. The SMILES string of the molecule is FC1(F)OOc2ccccc21. The maximum atomic E-state index is 12.6. The van der Waals surface area contributed by atoms with Crippen LogP contribution in [0.15, 0.2) is 24.3 Å². The maximum Gasteiger partial charge on any atom is 0.421 e. The molecule has 0 N–H and O–H groups in total. The molecule has 1 aliphatic heterocycles. The first-order valence-corrected chi connectivity index (χ1v) is 3.03. The largest absolute Gasteiger partial charge is 0.421 e. The van der Waals surface area contributed by atoms with Gasteiger partial charge in [0.2, 0.25) is 0 Å². The van der Waals surface area contributed by atoms with E-state index >= 15 is 0 Å². The molecule has 1 heterocycles. The molecule has 4 heteroatoms. The molecule has 0 radical (unpaired) electrons. The van der Waals surface area contributed by atoms with Gasteiger partial charge in [-0.3, -0.25) is 0 Å². The zero-order valence-corrected chi connectivity index (χ0v) is 5.38. The average Bonchev–Trinajstić information content (AvgIpc) is 2.29. The van der Waals surface area contributed by atoms with Gasteiger partial charge in [0.1, 0.15) is 5.56 Å². The third-order valence-electron chi connectivity index (χ3n) is 1.44. The fourth-order valence-corrected chi connectivity index (χ4v) is 0.922. The van der Waals surface area contributed by atoms with E-state index in [0.717, 1.165) is 0 Å². The zero-order chi connectivity index (χ0) is 7.90. The minimum absolute atomic E-state index is 0.0810. The summed E-state index contributed by atoms with van der Waals surface area (Å²) in [6, 6.07) is 5.80. The predicted octanol–water partition coefficient (Wildman–Crippen LogP) is 2.06. The molecular weight excluding hydrogens is 154 g/mol. The first kappa shape index (κ1) is 6.54. The number of hydrogen-bond donors (Lipinski definition) is 0. The highest BCUT2D eigenvalue weighted by Crippen LogP contribution is 2.41. The monoisotopic (exact) mass is 158 g/mol. The summed E-state index contributed by atoms with van der Waals surface area (Å²) < 4.78 is 25.2. The van der Waals surface area contributed by atoms with Crippen LogP contribution in [0, 0.1) is 0 Å². The van der Waals surface area contributed by atoms with Crippen LogP contribution in [0.5, 0.6) is 5.75 Å². The van der Waals surface area contributed by atoms with Crippen LogP contribution in [0.25, 0.3) is 0 Å². The van der Waals surface area contributed by atoms with Gasteiger partial charge in [-0.05, 0) is 12.1 Å². The van der Waals surface area contributed by atoms with Gasteiger partial charge >= 0.3 is 6.11 Å². The van der Waals surface area contributed by atoms with Gasteiger partial charge in [0, 0.05) is 0 Å². The molecule has 0 fully saturated rings. The minimum Gasteiger partial charge on any atom is -0.331 e. The molecule has 0 unspecified atom stereocenters. The first-order valence-electron chi connectivity index (χ1n) is 3.03. The van der Waals surface area contributed by atoms with E-state index < -0.39 is 6.11 Å². The van der Waals surface area contributed by atoms with Crippen molar-refractivity contribution < 1.29 is 18.6 Å². The summed E-state index contributed by atoms with van der Waals surface area (Å²) in [6.45, 7) is 0. The second kappa shape index (κ2) is 1.92. The van der Waals surface area contributed by atoms with Crippen LogP contribution in [0.3, 0.4) is 0 Å². The molecule has 2 nitrogen and oxygen atoms in total. The highest BCUT2D eigenvalue weighted by Gasteiger charge is 2.43. The first-order chi connectivity index (χ1) is 5.20. The summed E-state index contributed by atoms with van der Waals surface area (Å²) in [6.07, 6.45) is -3.30. The van der Waals surface area contributed by atoms with E-state index in [-0.39, 0.29) is 11.3 Å². The Hall–Kier alpha value is -1.16. The van der Waals surface area contributed by atoms with Crippen molar-refractivity contribution in [2.45, 2.75) is 6.11 Å². The van der Waals surface area contributed by atoms with Gasteiger partial charge in [-0.1, -0.05) is 12.1 Å². The van der Waals surface area contributed by atoms with Gasteiger partial charge in [0.15, 0.2) is 5.75 Å². The predicted molar refractivity (Wildman–Crippen MR) is 32.0 cm³/mol. The van der Waals surface area contributed by atoms with Crippen molar-refractivity contribution in [1.29, 1.82) is 0 Å². The molecule has 0 aliphatic carbocycles. The highest BCUT2D eigenvalue weighted by molar-refractivity contribution is 5.36. The molecule has 0 bridgehead atoms. The number of fused-ring (bicyclic) bond motifs is 1. The van der Waals surface area contributed by atoms with Crippen LogP contribution >= 0.6 is 0 Å². The van der Waals surface area contributed by atoms with E-state index in [0.29, 0.717) is 0 Å². The summed E-state index contributed by atoms with van der Waals surface area (Å²) in [5, 5.41) is 0. The Balaban J connectivity index is 2.56. The van der Waals surface area contributed by atoms with Crippen LogP contribution < -0.4 is 4.89 Å². The number of para-hydroxylation sites is 1. The van der Waals surface area contributed by atoms with Crippen LogP contribution in [-0.2, 0) is 11.0 Å². The minimum atomic E-state index is -3.30. The van der Waals surface area contributed by atoms with Crippen LogP contribution in [0.1, 0.15) is 5.56 Å². The maximum absolute atomic E-state index is 12.6. The Morgan fingerprint density at radius 3 is 2.64 bits per heavy atom. The Morgan fingerprint density at radius 2 is 1.91 bits per heavy atom. The summed E-state index contributed by atoms with van der Waals surface area (Å²) in [4.78, 5) is 8.04. The van der Waals surface area contributed by atoms with E-state index in [1.165, 1.54) is 18.2 Å². The quantitative estimate of drug-likeness (QED) is 0.538. The van der Waals surface area contributed by atoms with Gasteiger partial charge in [0.05, 0.1) is 0 Å². The van der Waals surface area contributed by atoms with Crippen molar-refractivity contribution in [2.24, 2.45) is 0 Å². The van der Waals surface area contributed by atoms with E-state index in [9.17, 15) is 8.78 Å². The second-order valence-corrected chi connectivity index (χ2v) is 2.18. The summed E-state index contributed by atoms with van der Waals surface area (Å²) in [5.74, 6) is 0.0810. The van der Waals surface area contributed by atoms with Crippen molar-refractivity contribution in [3.8, 4) is 5.75 Å². The van der Waals surface area contributed by atoms with E-state index in [4.69, 9.17) is 0 Å². The van der Waals surface area contributed by atoms with Crippen molar-refractivity contribution in [3.63, 3.8) is 0 Å². The van der Waals surface area contributed by atoms with Crippen molar-refractivity contribution in [3.05, 3.63) is 29.8 Å². The standard InChI is InChI=1S/C7H4F2O2/c8-7(9)5-3-1-2-4-6(5)10-11-7/h1-4H. The molecule has 0 atom stereocenters. The van der Waals surface area contributed by atoms with Gasteiger partial charge in [-0.15, -0.1) is 4.89 Å². The average molecular weight is 158 g/mol. The van der Waals surface area contributed by atoms with E-state index in [2.05, 4.69) is 9.78 Å². The number of alkyl halides is 2. The van der Waals surface area contributed by atoms with Crippen LogP contribution in [-0.4, -0.2) is 0 Å². The topological polar surface area (TPSA) is 18.5 Å². The van der Waals surface area contributed by atoms with Gasteiger partial charge in [-0.25, -0.2) is 0 Å². The zero-order valence-electron chi connectivity index (χ0n) is 5.38. The highest BCUT2D eigenvalue weighted by atomic mass is 19.3. The van der Waals surface area contributed by atoms with E-state index in [1.807, 2.05) is 0 Å². The molecule has 58 valence electrons. The molecule has 1 aromatic rings. The van der Waals surface area contributed by atoms with Crippen molar-refractivity contribution in [2.75, 3.05) is 0 Å². The second-order valence-electron chi connectivity index (χ2n) is 2.18. The lowest BCUT2D eigenvalue weighted by atomic mass is 10.2. The number of benzene rings is 1. The van der Waals surface area contributed by atoms with Gasteiger partial charge in [-0.2, -0.15) is 8.78 Å². The third-order valence-corrected chi connectivity index (χ3v) is 1.44. The van der Waals surface area contributed by atoms with Crippen molar-refractivity contribution >= 4 is 0 Å². The molecular formula is C7H4F2O2. The Morgan fingerprint density at radius 1 is 1.18 bits per heavy atom. The molecule has 1 aromatic carbocycles. The van der Waals surface area contributed by atoms with E-state index in [1.54, 1.807) is 6.07 Å². The molecule has 2 rings (SSSR count). The lowest BCUT2D eigenvalue weighted by Gasteiger charge is -2.02. The number of hydrogen-bond acceptors (Lipinski definition) is 2. The molecule has 0 amide bonds. The molecule has 0 saturated carbocycles. The van der Waals surface area contributed by atoms with Crippen molar-refractivity contribution in [1.82, 2.24) is 0 Å². The number of halogens is 2. The normalized spacial score (nSPS) is 19.1. The van der Waals surface area contributed by atoms with Gasteiger partial charge in [0.25, 0.3) is 0 Å². The lowest BCUT2D eigenvalue weighted by molar-refractivity contribution is -0.376. The summed E-state index contributed by atoms with van der Waals surface area (Å²) in [5.41, 5.74) is -0.222. The smallest absolute Gasteiger partial charge is 0.331 e. The lowest BCUT2D eigenvalue weighted by Crippen LogP contribution is -2.11. The molecule has 0 saturated heterocycles. The van der Waals surface area contributed by atoms with Crippen LogP contribution in [0.4, 0.5) is 8.78 Å². The number of rotatable bonds is 0.